The Bertz CT molecular complexity index is 1290. The van der Waals surface area contributed by atoms with E-state index >= 15 is 0 Å². The van der Waals surface area contributed by atoms with E-state index in [4.69, 9.17) is 5.73 Å². The molecule has 164 valence electrons. The predicted octanol–water partition coefficient (Wildman–Crippen LogP) is 1.64. The van der Waals surface area contributed by atoms with Gasteiger partial charge in [-0.3, -0.25) is 19.4 Å². The van der Waals surface area contributed by atoms with Crippen LogP contribution >= 0.6 is 0 Å². The minimum atomic E-state index is -0.350. The lowest BCUT2D eigenvalue weighted by Gasteiger charge is -2.31. The van der Waals surface area contributed by atoms with E-state index in [0.717, 1.165) is 0 Å². The number of carbonyl (C=O) groups is 2. The first kappa shape index (κ1) is 20.2. The fraction of sp³-hybridized carbons (Fsp3) is 0.348. The summed E-state index contributed by atoms with van der Waals surface area (Å²) in [6.45, 7) is 1.11. The summed E-state index contributed by atoms with van der Waals surface area (Å²) in [5, 5.41) is 10.6. The van der Waals surface area contributed by atoms with Crippen LogP contribution in [0.3, 0.4) is 0 Å². The highest BCUT2D eigenvalue weighted by molar-refractivity contribution is 6.02. The zero-order chi connectivity index (χ0) is 22.4. The highest BCUT2D eigenvalue weighted by Gasteiger charge is 2.31. The van der Waals surface area contributed by atoms with Crippen molar-refractivity contribution in [3.05, 3.63) is 57.5 Å². The zero-order valence-corrected chi connectivity index (χ0v) is 17.4. The average molecular weight is 433 g/mol. The van der Waals surface area contributed by atoms with Crippen molar-refractivity contribution in [2.24, 2.45) is 11.7 Å². The summed E-state index contributed by atoms with van der Waals surface area (Å²) in [6, 6.07) is 6.96. The van der Waals surface area contributed by atoms with Gasteiger partial charge >= 0.3 is 0 Å². The van der Waals surface area contributed by atoms with Crippen LogP contribution in [0, 0.1) is 5.92 Å². The van der Waals surface area contributed by atoms with Gasteiger partial charge in [0.2, 0.25) is 11.9 Å². The number of aromatic hydroxyl groups is 1. The number of primary amides is 1. The number of aromatic amines is 1. The molecule has 3 heterocycles. The van der Waals surface area contributed by atoms with E-state index in [1.165, 1.54) is 6.20 Å². The van der Waals surface area contributed by atoms with E-state index in [2.05, 4.69) is 15.0 Å². The first-order valence-corrected chi connectivity index (χ1v) is 10.7. The molecule has 1 saturated heterocycles. The molecule has 1 aliphatic heterocycles. The lowest BCUT2D eigenvalue weighted by Crippen LogP contribution is -2.40. The Morgan fingerprint density at radius 1 is 1.16 bits per heavy atom. The molecule has 5 rings (SSSR count). The smallest absolute Gasteiger partial charge is 0.262 e. The molecule has 0 unspecified atom stereocenters. The molecule has 4 N–H and O–H groups in total. The van der Waals surface area contributed by atoms with Crippen LogP contribution in [0.15, 0.2) is 35.3 Å². The third-order valence-electron chi connectivity index (χ3n) is 6.59. The number of phenols is 1. The standard InChI is InChI=1S/C23H23N5O4/c24-20(31)12-5-7-28(8-6-12)23-26-21-19(22(32)27-23)15-9-13(10-18(30)16(15)11-25-21)14-3-1-2-4-17(14)29/h1-4,11-13,29H,5-10H2,(H2,24,31)(H,25,26,27,32)/t13-/m0/s1. The van der Waals surface area contributed by atoms with Crippen LogP contribution in [0.25, 0.3) is 11.0 Å². The maximum absolute atomic E-state index is 13.1. The summed E-state index contributed by atoms with van der Waals surface area (Å²) in [5.41, 5.74) is 7.08. The molecule has 0 bridgehead atoms. The number of aromatic nitrogens is 3. The molecule has 0 spiro atoms. The number of pyridine rings is 1. The van der Waals surface area contributed by atoms with Gasteiger partial charge in [-0.15, -0.1) is 0 Å². The second-order valence-electron chi connectivity index (χ2n) is 8.49. The minimum Gasteiger partial charge on any atom is -0.508 e. The summed E-state index contributed by atoms with van der Waals surface area (Å²) in [5.74, 6) is -0.264. The molecule has 1 aliphatic carbocycles. The average Bonchev–Trinajstić information content (AvgIpc) is 2.78. The number of anilines is 1. The Hall–Kier alpha value is -3.75. The van der Waals surface area contributed by atoms with Crippen molar-refractivity contribution in [2.45, 2.75) is 31.6 Å². The molecule has 9 heteroatoms. The molecule has 2 aliphatic rings. The number of H-pyrrole nitrogens is 1. The number of para-hydroxylation sites is 1. The molecule has 0 saturated carbocycles. The Morgan fingerprint density at radius 3 is 2.62 bits per heavy atom. The van der Waals surface area contributed by atoms with E-state index in [0.29, 0.717) is 60.4 Å². The van der Waals surface area contributed by atoms with Gasteiger partial charge in [0.15, 0.2) is 11.4 Å². The number of nitrogens with one attached hydrogen (secondary N) is 1. The van der Waals surface area contributed by atoms with E-state index in [1.807, 2.05) is 11.0 Å². The highest BCUT2D eigenvalue weighted by Crippen LogP contribution is 2.38. The Labute approximate surface area is 183 Å². The number of hydrogen-bond acceptors (Lipinski definition) is 7. The lowest BCUT2D eigenvalue weighted by atomic mass is 9.79. The van der Waals surface area contributed by atoms with Crippen LogP contribution in [-0.4, -0.2) is 44.8 Å². The topological polar surface area (TPSA) is 142 Å². The van der Waals surface area contributed by atoms with Crippen molar-refractivity contribution in [3.63, 3.8) is 0 Å². The van der Waals surface area contributed by atoms with Crippen molar-refractivity contribution in [2.75, 3.05) is 18.0 Å². The number of rotatable bonds is 3. The summed E-state index contributed by atoms with van der Waals surface area (Å²) in [4.78, 5) is 51.0. The van der Waals surface area contributed by atoms with Crippen LogP contribution in [0.1, 0.15) is 46.7 Å². The number of hydrogen-bond donors (Lipinski definition) is 3. The quantitative estimate of drug-likeness (QED) is 0.570. The largest absolute Gasteiger partial charge is 0.508 e. The third kappa shape index (κ3) is 3.39. The Kier molecular flexibility index (Phi) is 4.88. The number of benzene rings is 1. The number of amides is 1. The van der Waals surface area contributed by atoms with Crippen molar-refractivity contribution in [1.82, 2.24) is 15.0 Å². The SMILES string of the molecule is NC(=O)C1CCN(c2nc3ncc4c(c3c(=O)[nH]2)C[C@H](c2ccccc2O)CC4=O)CC1. The first-order valence-electron chi connectivity index (χ1n) is 10.7. The summed E-state index contributed by atoms with van der Waals surface area (Å²) in [6.07, 6.45) is 3.38. The van der Waals surface area contributed by atoms with E-state index in [-0.39, 0.29) is 46.9 Å². The number of phenolic OH excluding ortho intramolecular Hbond substituents is 1. The van der Waals surface area contributed by atoms with Crippen molar-refractivity contribution < 1.29 is 14.7 Å². The van der Waals surface area contributed by atoms with Gasteiger partial charge in [0, 0.05) is 37.2 Å². The first-order chi connectivity index (χ1) is 15.4. The van der Waals surface area contributed by atoms with Crippen molar-refractivity contribution >= 4 is 28.7 Å². The van der Waals surface area contributed by atoms with Crippen LogP contribution in [0.4, 0.5) is 5.95 Å². The van der Waals surface area contributed by atoms with Gasteiger partial charge in [0.1, 0.15) is 5.75 Å². The molecule has 1 fully saturated rings. The fourth-order valence-electron chi connectivity index (χ4n) is 4.84. The molecule has 2 aromatic heterocycles. The number of nitrogens with two attached hydrogens (primary N) is 1. The Morgan fingerprint density at radius 2 is 1.91 bits per heavy atom. The van der Waals surface area contributed by atoms with E-state index in [1.54, 1.807) is 18.2 Å². The molecular weight excluding hydrogens is 410 g/mol. The van der Waals surface area contributed by atoms with Gasteiger partial charge in [-0.05, 0) is 42.4 Å². The zero-order valence-electron chi connectivity index (χ0n) is 17.4. The predicted molar refractivity (Wildman–Crippen MR) is 118 cm³/mol. The molecule has 1 amide bonds. The Balaban J connectivity index is 1.53. The maximum atomic E-state index is 13.1. The van der Waals surface area contributed by atoms with Crippen molar-refractivity contribution in [3.8, 4) is 5.75 Å². The van der Waals surface area contributed by atoms with Crippen LogP contribution in [0.5, 0.6) is 5.75 Å². The van der Waals surface area contributed by atoms with Gasteiger partial charge in [-0.2, -0.15) is 4.98 Å². The number of piperidine rings is 1. The third-order valence-corrected chi connectivity index (χ3v) is 6.59. The second kappa shape index (κ2) is 7.74. The summed E-state index contributed by atoms with van der Waals surface area (Å²) in [7, 11) is 0. The van der Waals surface area contributed by atoms with Gasteiger partial charge in [0.05, 0.1) is 5.39 Å². The van der Waals surface area contributed by atoms with Crippen LogP contribution < -0.4 is 16.2 Å². The highest BCUT2D eigenvalue weighted by atomic mass is 16.3. The molecule has 0 radical (unpaired) electrons. The number of Topliss-reactive ketones (excluding diaryl/α,β-unsaturated/α-hetero) is 1. The lowest BCUT2D eigenvalue weighted by molar-refractivity contribution is -0.122. The molecular formula is C23H23N5O4. The van der Waals surface area contributed by atoms with E-state index < -0.39 is 0 Å². The van der Waals surface area contributed by atoms with Gasteiger partial charge in [-0.1, -0.05) is 18.2 Å². The second-order valence-corrected chi connectivity index (χ2v) is 8.49. The van der Waals surface area contributed by atoms with Crippen LogP contribution in [-0.2, 0) is 11.2 Å². The molecule has 3 aromatic rings. The maximum Gasteiger partial charge on any atom is 0.262 e. The number of fused-ring (bicyclic) bond motifs is 3. The summed E-state index contributed by atoms with van der Waals surface area (Å²) < 4.78 is 0. The van der Waals surface area contributed by atoms with Gasteiger partial charge in [0.25, 0.3) is 5.56 Å². The molecule has 1 aromatic carbocycles. The summed E-state index contributed by atoms with van der Waals surface area (Å²) >= 11 is 0. The van der Waals surface area contributed by atoms with Gasteiger partial charge in [-0.25, -0.2) is 4.98 Å². The number of ketones is 1. The fourth-order valence-corrected chi connectivity index (χ4v) is 4.84. The molecule has 32 heavy (non-hydrogen) atoms. The number of carbonyl (C=O) groups excluding carboxylic acids is 2. The van der Waals surface area contributed by atoms with Gasteiger partial charge < -0.3 is 15.7 Å². The monoisotopic (exact) mass is 433 g/mol. The van der Waals surface area contributed by atoms with Crippen molar-refractivity contribution in [1.29, 1.82) is 0 Å². The number of nitrogens with zero attached hydrogens (tertiary/aromatic N) is 3. The minimum absolute atomic E-state index is 0.106. The van der Waals surface area contributed by atoms with Crippen LogP contribution in [0.2, 0.25) is 0 Å². The molecule has 1 atom stereocenters. The normalized spacial score (nSPS) is 19.2. The van der Waals surface area contributed by atoms with E-state index in [9.17, 15) is 19.5 Å². The molecule has 9 nitrogen and oxygen atoms in total.